The monoisotopic (exact) mass is 316 g/mol. The predicted octanol–water partition coefficient (Wildman–Crippen LogP) is 1.24. The van der Waals surface area contributed by atoms with Crippen LogP contribution in [0.2, 0.25) is 0 Å². The van der Waals surface area contributed by atoms with E-state index in [0.29, 0.717) is 12.1 Å². The third kappa shape index (κ3) is 5.08. The molecule has 23 heavy (non-hydrogen) atoms. The van der Waals surface area contributed by atoms with Gasteiger partial charge >= 0.3 is 0 Å². The summed E-state index contributed by atoms with van der Waals surface area (Å²) >= 11 is 0. The smallest absolute Gasteiger partial charge is 0.251 e. The maximum atomic E-state index is 12.2. The molecule has 0 aliphatic rings. The Morgan fingerprint density at radius 1 is 1.22 bits per heavy atom. The van der Waals surface area contributed by atoms with Gasteiger partial charge in [0.05, 0.1) is 12.6 Å². The Morgan fingerprint density at radius 2 is 1.78 bits per heavy atom. The summed E-state index contributed by atoms with van der Waals surface area (Å²) in [6.45, 7) is 4.23. The molecule has 124 valence electrons. The number of amides is 2. The van der Waals surface area contributed by atoms with Crippen LogP contribution < -0.4 is 5.32 Å². The molecular formula is C17H24N4O2. The van der Waals surface area contributed by atoms with E-state index >= 15 is 0 Å². The van der Waals surface area contributed by atoms with Gasteiger partial charge in [-0.25, -0.2) is 0 Å². The van der Waals surface area contributed by atoms with Crippen LogP contribution in [0.4, 0.5) is 0 Å². The Balaban J connectivity index is 2.63. The van der Waals surface area contributed by atoms with Crippen molar-refractivity contribution < 1.29 is 9.59 Å². The highest BCUT2D eigenvalue weighted by atomic mass is 16.2. The van der Waals surface area contributed by atoms with Crippen LogP contribution in [-0.4, -0.2) is 54.8 Å². The van der Waals surface area contributed by atoms with Crippen molar-refractivity contribution >= 4 is 11.8 Å². The summed E-state index contributed by atoms with van der Waals surface area (Å²) in [5, 5.41) is 11.7. The normalized spacial score (nSPS) is 11.0. The number of hydrogen-bond acceptors (Lipinski definition) is 4. The molecule has 6 nitrogen and oxygen atoms in total. The van der Waals surface area contributed by atoms with Crippen molar-refractivity contribution in [1.82, 2.24) is 15.1 Å². The number of nitrogens with one attached hydrogen (secondary N) is 1. The van der Waals surface area contributed by atoms with Crippen LogP contribution in [0.15, 0.2) is 24.3 Å². The molecule has 0 aliphatic carbocycles. The fourth-order valence-electron chi connectivity index (χ4n) is 2.00. The lowest BCUT2D eigenvalue weighted by Crippen LogP contribution is -2.47. The number of carbonyl (C=O) groups is 2. The third-order valence-electron chi connectivity index (χ3n) is 3.79. The van der Waals surface area contributed by atoms with E-state index in [-0.39, 0.29) is 18.4 Å². The molecule has 0 fully saturated rings. The van der Waals surface area contributed by atoms with Crippen LogP contribution in [-0.2, 0) is 11.3 Å². The summed E-state index contributed by atoms with van der Waals surface area (Å²) in [5.74, 6) is -0.235. The van der Waals surface area contributed by atoms with E-state index in [0.717, 1.165) is 5.56 Å². The first-order chi connectivity index (χ1) is 10.7. The number of rotatable bonds is 6. The van der Waals surface area contributed by atoms with Crippen LogP contribution in [0.5, 0.6) is 0 Å². The van der Waals surface area contributed by atoms with Gasteiger partial charge in [0, 0.05) is 26.2 Å². The Kier molecular flexibility index (Phi) is 6.28. The summed E-state index contributed by atoms with van der Waals surface area (Å²) in [4.78, 5) is 27.0. The third-order valence-corrected chi connectivity index (χ3v) is 3.79. The molecule has 0 unspecified atom stereocenters. The molecule has 0 bridgehead atoms. The first-order valence-electron chi connectivity index (χ1n) is 7.38. The van der Waals surface area contributed by atoms with Gasteiger partial charge in [-0.1, -0.05) is 12.1 Å². The first-order valence-corrected chi connectivity index (χ1v) is 7.38. The van der Waals surface area contributed by atoms with E-state index in [1.807, 2.05) is 24.1 Å². The van der Waals surface area contributed by atoms with Crippen molar-refractivity contribution in [3.05, 3.63) is 35.4 Å². The fourth-order valence-corrected chi connectivity index (χ4v) is 2.00. The molecule has 0 atom stereocenters. The Labute approximate surface area is 137 Å². The number of nitriles is 1. The van der Waals surface area contributed by atoms with Crippen molar-refractivity contribution in [2.24, 2.45) is 0 Å². The molecule has 0 heterocycles. The quantitative estimate of drug-likeness (QED) is 0.856. The molecule has 1 aromatic carbocycles. The topological polar surface area (TPSA) is 76.4 Å². The lowest BCUT2D eigenvalue weighted by molar-refractivity contribution is -0.134. The van der Waals surface area contributed by atoms with Crippen molar-refractivity contribution in [2.75, 3.05) is 27.7 Å². The van der Waals surface area contributed by atoms with Crippen LogP contribution >= 0.6 is 0 Å². The molecular weight excluding hydrogens is 292 g/mol. The van der Waals surface area contributed by atoms with E-state index in [1.54, 1.807) is 40.1 Å². The van der Waals surface area contributed by atoms with Gasteiger partial charge in [0.15, 0.2) is 0 Å². The van der Waals surface area contributed by atoms with E-state index in [1.165, 1.54) is 4.90 Å². The zero-order valence-electron chi connectivity index (χ0n) is 14.4. The summed E-state index contributed by atoms with van der Waals surface area (Å²) in [7, 11) is 5.07. The molecule has 0 saturated heterocycles. The van der Waals surface area contributed by atoms with Crippen molar-refractivity contribution in [3.63, 3.8) is 0 Å². The summed E-state index contributed by atoms with van der Waals surface area (Å²) in [6, 6.07) is 9.37. The summed E-state index contributed by atoms with van der Waals surface area (Å²) in [6.07, 6.45) is 0. The van der Waals surface area contributed by atoms with E-state index in [2.05, 4.69) is 11.4 Å². The molecule has 1 rings (SSSR count). The molecule has 0 aliphatic heterocycles. The predicted molar refractivity (Wildman–Crippen MR) is 88.6 cm³/mol. The lowest BCUT2D eigenvalue weighted by atomic mass is 10.1. The molecule has 1 aromatic rings. The van der Waals surface area contributed by atoms with E-state index in [9.17, 15) is 9.59 Å². The highest BCUT2D eigenvalue weighted by molar-refractivity contribution is 5.93. The van der Waals surface area contributed by atoms with Gasteiger partial charge in [-0.15, -0.1) is 0 Å². The maximum Gasteiger partial charge on any atom is 0.251 e. The zero-order valence-corrected chi connectivity index (χ0v) is 14.4. The average molecular weight is 316 g/mol. The van der Waals surface area contributed by atoms with Gasteiger partial charge in [0.1, 0.15) is 5.54 Å². The molecule has 0 aromatic heterocycles. The van der Waals surface area contributed by atoms with Crippen LogP contribution in [0.25, 0.3) is 0 Å². The minimum atomic E-state index is -0.826. The molecule has 0 saturated carbocycles. The second kappa shape index (κ2) is 7.75. The van der Waals surface area contributed by atoms with Gasteiger partial charge in [-0.3, -0.25) is 14.5 Å². The zero-order chi connectivity index (χ0) is 17.6. The van der Waals surface area contributed by atoms with Crippen molar-refractivity contribution in [3.8, 4) is 6.07 Å². The second-order valence-electron chi connectivity index (χ2n) is 6.07. The summed E-state index contributed by atoms with van der Waals surface area (Å²) < 4.78 is 0. The number of benzene rings is 1. The highest BCUT2D eigenvalue weighted by Crippen LogP contribution is 2.12. The van der Waals surface area contributed by atoms with E-state index < -0.39 is 5.54 Å². The SMILES string of the molecule is CNC(=O)c1ccc(CN(C)CC(=O)N(C)C(C)(C)C#N)cc1. The number of hydrogen-bond donors (Lipinski definition) is 1. The standard InChI is InChI=1S/C17H24N4O2/c1-17(2,12-18)21(5)15(22)11-20(4)10-13-6-8-14(9-7-13)16(23)19-3/h6-9H,10-11H2,1-5H3,(H,19,23). The Morgan fingerprint density at radius 3 is 2.26 bits per heavy atom. The van der Waals surface area contributed by atoms with Gasteiger partial charge < -0.3 is 10.2 Å². The van der Waals surface area contributed by atoms with Crippen LogP contribution in [0.1, 0.15) is 29.8 Å². The van der Waals surface area contributed by atoms with Crippen LogP contribution in [0.3, 0.4) is 0 Å². The number of nitrogens with zero attached hydrogens (tertiary/aromatic N) is 3. The van der Waals surface area contributed by atoms with Gasteiger partial charge in [-0.05, 0) is 38.6 Å². The van der Waals surface area contributed by atoms with Crippen molar-refractivity contribution in [2.45, 2.75) is 25.9 Å². The number of likely N-dealkylation sites (N-methyl/N-ethyl adjacent to an activating group) is 2. The molecule has 0 radical (unpaired) electrons. The van der Waals surface area contributed by atoms with Crippen molar-refractivity contribution in [1.29, 1.82) is 5.26 Å². The maximum absolute atomic E-state index is 12.2. The Hall–Kier alpha value is -2.39. The fraction of sp³-hybridized carbons (Fsp3) is 0.471. The minimum absolute atomic E-state index is 0.110. The average Bonchev–Trinajstić information content (AvgIpc) is 2.53. The number of carbonyl (C=O) groups excluding carboxylic acids is 2. The Bertz CT molecular complexity index is 602. The molecule has 0 spiro atoms. The molecule has 6 heteroatoms. The summed E-state index contributed by atoms with van der Waals surface area (Å²) in [5.41, 5.74) is 0.785. The molecule has 2 amide bonds. The second-order valence-corrected chi connectivity index (χ2v) is 6.07. The van der Waals surface area contributed by atoms with Gasteiger partial charge in [0.25, 0.3) is 5.91 Å². The highest BCUT2D eigenvalue weighted by Gasteiger charge is 2.27. The first kappa shape index (κ1) is 18.7. The van der Waals surface area contributed by atoms with Gasteiger partial charge in [0.2, 0.25) is 5.91 Å². The minimum Gasteiger partial charge on any atom is -0.355 e. The lowest BCUT2D eigenvalue weighted by Gasteiger charge is -2.30. The largest absolute Gasteiger partial charge is 0.355 e. The van der Waals surface area contributed by atoms with E-state index in [4.69, 9.17) is 5.26 Å². The molecule has 1 N–H and O–H groups in total. The van der Waals surface area contributed by atoms with Crippen LogP contribution in [0, 0.1) is 11.3 Å². The van der Waals surface area contributed by atoms with Gasteiger partial charge in [-0.2, -0.15) is 5.26 Å².